The van der Waals surface area contributed by atoms with E-state index in [1.807, 2.05) is 36.5 Å². The first-order valence-corrected chi connectivity index (χ1v) is 8.62. The van der Waals surface area contributed by atoms with Crippen molar-refractivity contribution < 1.29 is 9.21 Å². The summed E-state index contributed by atoms with van der Waals surface area (Å²) in [5.74, 6) is 1.37. The number of fused-ring (bicyclic) bond motifs is 2. The van der Waals surface area contributed by atoms with Crippen LogP contribution in [0.2, 0.25) is 0 Å². The molecule has 1 aliphatic carbocycles. The maximum atomic E-state index is 12.6. The Balaban J connectivity index is 1.35. The molecule has 7 heteroatoms. The highest BCUT2D eigenvalue weighted by Crippen LogP contribution is 2.26. The van der Waals surface area contributed by atoms with Gasteiger partial charge in [0.05, 0.1) is 23.5 Å². The minimum absolute atomic E-state index is 0.0313. The molecule has 0 fully saturated rings. The number of amides is 1. The number of anilines is 1. The molecular weight excluding hydrogens is 330 g/mol. The fourth-order valence-electron chi connectivity index (χ4n) is 3.50. The average Bonchev–Trinajstić information content (AvgIpc) is 3.39. The van der Waals surface area contributed by atoms with Crippen molar-refractivity contribution >= 4 is 22.6 Å². The van der Waals surface area contributed by atoms with Crippen molar-refractivity contribution in [2.45, 2.75) is 19.3 Å². The number of aromatic nitrogens is 4. The van der Waals surface area contributed by atoms with Gasteiger partial charge in [0.2, 0.25) is 5.91 Å². The molecule has 130 valence electrons. The van der Waals surface area contributed by atoms with E-state index in [1.54, 1.807) is 6.26 Å². The van der Waals surface area contributed by atoms with Crippen molar-refractivity contribution in [3.8, 4) is 11.6 Å². The molecule has 26 heavy (non-hydrogen) atoms. The molecule has 1 aliphatic rings. The summed E-state index contributed by atoms with van der Waals surface area (Å²) in [5.41, 5.74) is 4.74. The van der Waals surface area contributed by atoms with Crippen LogP contribution in [0.15, 0.2) is 47.2 Å². The molecule has 3 N–H and O–H groups in total. The van der Waals surface area contributed by atoms with Gasteiger partial charge in [-0.2, -0.15) is 5.10 Å². The third kappa shape index (κ3) is 2.57. The van der Waals surface area contributed by atoms with Crippen LogP contribution in [0.3, 0.4) is 0 Å². The summed E-state index contributed by atoms with van der Waals surface area (Å²) < 4.78 is 5.37. The summed E-state index contributed by atoms with van der Waals surface area (Å²) in [5, 5.41) is 10.1. The Labute approximate surface area is 148 Å². The third-order valence-electron chi connectivity index (χ3n) is 4.89. The maximum absolute atomic E-state index is 12.6. The number of hydrogen-bond acceptors (Lipinski definition) is 4. The standard InChI is InChI=1S/C19H17N5O2/c25-19(11-3-5-14-12(8-11)10-20-24-14)21-13-4-6-15-16(9-13)23-18(22-15)17-2-1-7-26-17/h1-2,4,6-7,9-11H,3,5,8H2,(H,20,24)(H,21,25)(H,22,23)/t11-/m0/s1. The summed E-state index contributed by atoms with van der Waals surface area (Å²) >= 11 is 0. The molecule has 4 aromatic rings. The van der Waals surface area contributed by atoms with Crippen LogP contribution in [0.5, 0.6) is 0 Å². The molecule has 3 heterocycles. The van der Waals surface area contributed by atoms with Gasteiger partial charge in [-0.15, -0.1) is 0 Å². The Kier molecular flexibility index (Phi) is 3.38. The van der Waals surface area contributed by atoms with Crippen molar-refractivity contribution in [1.82, 2.24) is 20.2 Å². The topological polar surface area (TPSA) is 99.6 Å². The van der Waals surface area contributed by atoms with Gasteiger partial charge in [-0.05, 0) is 55.2 Å². The lowest BCUT2D eigenvalue weighted by Crippen LogP contribution is -2.27. The lowest BCUT2D eigenvalue weighted by atomic mass is 9.87. The van der Waals surface area contributed by atoms with Gasteiger partial charge < -0.3 is 14.7 Å². The quantitative estimate of drug-likeness (QED) is 0.529. The second-order valence-corrected chi connectivity index (χ2v) is 6.60. The van der Waals surface area contributed by atoms with Crippen LogP contribution in [-0.2, 0) is 17.6 Å². The number of aryl methyl sites for hydroxylation is 1. The Morgan fingerprint density at radius 3 is 3.15 bits per heavy atom. The molecule has 3 aromatic heterocycles. The number of aromatic amines is 2. The van der Waals surface area contributed by atoms with E-state index in [0.29, 0.717) is 11.6 Å². The van der Waals surface area contributed by atoms with Gasteiger partial charge in [-0.3, -0.25) is 9.89 Å². The highest BCUT2D eigenvalue weighted by Gasteiger charge is 2.25. The second kappa shape index (κ2) is 5.87. The predicted molar refractivity (Wildman–Crippen MR) is 96.5 cm³/mol. The first-order chi connectivity index (χ1) is 12.8. The minimum Gasteiger partial charge on any atom is -0.461 e. The Hall–Kier alpha value is -3.35. The zero-order valence-electron chi connectivity index (χ0n) is 14.0. The highest BCUT2D eigenvalue weighted by molar-refractivity contribution is 5.95. The summed E-state index contributed by atoms with van der Waals surface area (Å²) in [6.45, 7) is 0. The largest absolute Gasteiger partial charge is 0.461 e. The molecule has 1 amide bonds. The SMILES string of the molecule is O=C(Nc1ccc2nc(-c3ccco3)[nH]c2c1)[C@H]1CCc2[nH]ncc2C1. The van der Waals surface area contributed by atoms with E-state index in [0.717, 1.165) is 47.2 Å². The molecular formula is C19H17N5O2. The van der Waals surface area contributed by atoms with Crippen LogP contribution in [0, 0.1) is 5.92 Å². The highest BCUT2D eigenvalue weighted by atomic mass is 16.3. The Morgan fingerprint density at radius 1 is 1.31 bits per heavy atom. The molecule has 0 spiro atoms. The van der Waals surface area contributed by atoms with Crippen LogP contribution in [0.4, 0.5) is 5.69 Å². The van der Waals surface area contributed by atoms with Crippen molar-refractivity contribution in [3.63, 3.8) is 0 Å². The minimum atomic E-state index is -0.0313. The molecule has 0 radical (unpaired) electrons. The number of nitrogens with zero attached hydrogens (tertiary/aromatic N) is 2. The molecule has 1 atom stereocenters. The van der Waals surface area contributed by atoms with Crippen LogP contribution in [-0.4, -0.2) is 26.1 Å². The van der Waals surface area contributed by atoms with Gasteiger partial charge in [0.25, 0.3) is 0 Å². The van der Waals surface area contributed by atoms with Crippen molar-refractivity contribution in [1.29, 1.82) is 0 Å². The lowest BCUT2D eigenvalue weighted by Gasteiger charge is -2.20. The molecule has 0 saturated carbocycles. The van der Waals surface area contributed by atoms with Crippen LogP contribution in [0.25, 0.3) is 22.6 Å². The molecule has 7 nitrogen and oxygen atoms in total. The number of H-pyrrole nitrogens is 2. The average molecular weight is 347 g/mol. The Bertz CT molecular complexity index is 1080. The molecule has 5 rings (SSSR count). The van der Waals surface area contributed by atoms with E-state index in [1.165, 1.54) is 0 Å². The number of hydrogen-bond donors (Lipinski definition) is 3. The number of benzene rings is 1. The molecule has 0 aliphatic heterocycles. The summed E-state index contributed by atoms with van der Waals surface area (Å²) in [6, 6.07) is 9.35. The first-order valence-electron chi connectivity index (χ1n) is 8.62. The number of carbonyl (C=O) groups excluding carboxylic acids is 1. The van der Waals surface area contributed by atoms with E-state index in [4.69, 9.17) is 4.42 Å². The third-order valence-corrected chi connectivity index (χ3v) is 4.89. The summed E-state index contributed by atoms with van der Waals surface area (Å²) in [4.78, 5) is 20.4. The van der Waals surface area contributed by atoms with Crippen LogP contribution in [0.1, 0.15) is 17.7 Å². The monoisotopic (exact) mass is 347 g/mol. The lowest BCUT2D eigenvalue weighted by molar-refractivity contribution is -0.120. The van der Waals surface area contributed by atoms with E-state index >= 15 is 0 Å². The molecule has 0 bridgehead atoms. The molecule has 0 saturated heterocycles. The number of furan rings is 1. The fraction of sp³-hybridized carbons (Fsp3) is 0.211. The van der Waals surface area contributed by atoms with Crippen molar-refractivity contribution in [2.75, 3.05) is 5.32 Å². The second-order valence-electron chi connectivity index (χ2n) is 6.60. The summed E-state index contributed by atoms with van der Waals surface area (Å²) in [6.07, 6.45) is 5.85. The van der Waals surface area contributed by atoms with Gasteiger partial charge >= 0.3 is 0 Å². The van der Waals surface area contributed by atoms with Crippen molar-refractivity contribution in [2.24, 2.45) is 5.92 Å². The normalized spacial score (nSPS) is 16.5. The number of carbonyl (C=O) groups is 1. The fourth-order valence-corrected chi connectivity index (χ4v) is 3.50. The van der Waals surface area contributed by atoms with E-state index in [2.05, 4.69) is 25.5 Å². The van der Waals surface area contributed by atoms with Crippen LogP contribution >= 0.6 is 0 Å². The maximum Gasteiger partial charge on any atom is 0.227 e. The van der Waals surface area contributed by atoms with Crippen LogP contribution < -0.4 is 5.32 Å². The van der Waals surface area contributed by atoms with Crippen molar-refractivity contribution in [3.05, 3.63) is 54.0 Å². The predicted octanol–water partition coefficient (Wildman–Crippen LogP) is 3.29. The zero-order valence-corrected chi connectivity index (χ0v) is 14.0. The Morgan fingerprint density at radius 2 is 2.27 bits per heavy atom. The van der Waals surface area contributed by atoms with E-state index in [9.17, 15) is 4.79 Å². The van der Waals surface area contributed by atoms with Gasteiger partial charge in [-0.1, -0.05) is 0 Å². The van der Waals surface area contributed by atoms with Gasteiger partial charge in [0.1, 0.15) is 0 Å². The van der Waals surface area contributed by atoms with Gasteiger partial charge in [0, 0.05) is 17.3 Å². The van der Waals surface area contributed by atoms with Gasteiger partial charge in [-0.25, -0.2) is 4.98 Å². The first kappa shape index (κ1) is 14.9. The smallest absolute Gasteiger partial charge is 0.227 e. The molecule has 0 unspecified atom stereocenters. The number of rotatable bonds is 3. The van der Waals surface area contributed by atoms with E-state index < -0.39 is 0 Å². The van der Waals surface area contributed by atoms with E-state index in [-0.39, 0.29) is 11.8 Å². The van der Waals surface area contributed by atoms with Gasteiger partial charge in [0.15, 0.2) is 11.6 Å². The zero-order chi connectivity index (χ0) is 17.5. The molecule has 1 aromatic carbocycles. The number of nitrogens with one attached hydrogen (secondary N) is 3. The summed E-state index contributed by atoms with van der Waals surface area (Å²) in [7, 11) is 0. The number of imidazole rings is 1.